The Labute approximate surface area is 219 Å². The molecule has 5 aromatic rings. The Balaban J connectivity index is 1.39. The SMILES string of the molecule is Cc1ccc2nc3c(cc(C(=O)N4CCN(c5ccccc5Cl)CC4)n3Cc3ccccc3)c(=O)n2c1. The van der Waals surface area contributed by atoms with Gasteiger partial charge in [-0.25, -0.2) is 4.98 Å². The third kappa shape index (κ3) is 4.25. The molecule has 0 N–H and O–H groups in total. The number of anilines is 1. The third-order valence-electron chi connectivity index (χ3n) is 6.98. The number of carbonyl (C=O) groups is 1. The van der Waals surface area contributed by atoms with Crippen LogP contribution < -0.4 is 10.5 Å². The maximum atomic E-state index is 13.9. The zero-order valence-electron chi connectivity index (χ0n) is 20.5. The van der Waals surface area contributed by atoms with Crippen LogP contribution in [0.25, 0.3) is 16.7 Å². The number of aromatic nitrogens is 3. The van der Waals surface area contributed by atoms with E-state index in [9.17, 15) is 9.59 Å². The van der Waals surface area contributed by atoms with Gasteiger partial charge in [-0.2, -0.15) is 0 Å². The summed E-state index contributed by atoms with van der Waals surface area (Å²) in [5.41, 5.74) is 4.36. The molecule has 186 valence electrons. The van der Waals surface area contributed by atoms with E-state index in [4.69, 9.17) is 16.6 Å². The number of pyridine rings is 1. The van der Waals surface area contributed by atoms with Crippen molar-refractivity contribution in [2.45, 2.75) is 13.5 Å². The number of fused-ring (bicyclic) bond motifs is 2. The molecule has 0 atom stereocenters. The van der Waals surface area contributed by atoms with Crippen LogP contribution >= 0.6 is 11.6 Å². The number of halogens is 1. The Morgan fingerprint density at radius 3 is 2.43 bits per heavy atom. The molecule has 1 fully saturated rings. The van der Waals surface area contributed by atoms with Crippen molar-refractivity contribution in [3.05, 3.63) is 111 Å². The number of carbonyl (C=O) groups excluding carboxylic acids is 1. The molecule has 1 saturated heterocycles. The maximum absolute atomic E-state index is 13.9. The fourth-order valence-electron chi connectivity index (χ4n) is 5.03. The second-order valence-corrected chi connectivity index (χ2v) is 9.83. The maximum Gasteiger partial charge on any atom is 0.270 e. The van der Waals surface area contributed by atoms with E-state index in [1.165, 1.54) is 0 Å². The van der Waals surface area contributed by atoms with E-state index in [1.54, 1.807) is 16.7 Å². The first kappa shape index (κ1) is 23.3. The molecule has 0 saturated carbocycles. The Bertz CT molecular complexity index is 1680. The highest BCUT2D eigenvalue weighted by Gasteiger charge is 2.27. The predicted octanol–water partition coefficient (Wildman–Crippen LogP) is 4.62. The monoisotopic (exact) mass is 511 g/mol. The van der Waals surface area contributed by atoms with Crippen molar-refractivity contribution in [2.24, 2.45) is 0 Å². The Hall–Kier alpha value is -4.10. The number of nitrogens with zero attached hydrogens (tertiary/aromatic N) is 5. The van der Waals surface area contributed by atoms with Gasteiger partial charge in [0.15, 0.2) is 0 Å². The van der Waals surface area contributed by atoms with Gasteiger partial charge in [0.2, 0.25) is 0 Å². The third-order valence-corrected chi connectivity index (χ3v) is 7.30. The summed E-state index contributed by atoms with van der Waals surface area (Å²) < 4.78 is 3.44. The molecule has 0 aliphatic carbocycles. The largest absolute Gasteiger partial charge is 0.367 e. The van der Waals surface area contributed by atoms with Crippen molar-refractivity contribution in [1.82, 2.24) is 18.9 Å². The van der Waals surface area contributed by atoms with Gasteiger partial charge in [-0.15, -0.1) is 0 Å². The molecule has 0 bridgehead atoms. The molecule has 1 aliphatic rings. The van der Waals surface area contributed by atoms with Crippen LogP contribution in [0, 0.1) is 6.92 Å². The van der Waals surface area contributed by atoms with Crippen molar-refractivity contribution >= 4 is 39.9 Å². The van der Waals surface area contributed by atoms with Gasteiger partial charge in [0.1, 0.15) is 17.0 Å². The van der Waals surface area contributed by atoms with E-state index in [1.807, 2.05) is 83.1 Å². The van der Waals surface area contributed by atoms with Crippen LogP contribution in [-0.2, 0) is 6.54 Å². The van der Waals surface area contributed by atoms with E-state index in [2.05, 4.69) is 4.90 Å². The van der Waals surface area contributed by atoms with Gasteiger partial charge in [-0.05, 0) is 42.3 Å². The molecule has 2 aromatic carbocycles. The Kier molecular flexibility index (Phi) is 5.93. The minimum atomic E-state index is -0.173. The standard InChI is InChI=1S/C29H26ClN5O2/c1-20-11-12-26-31-27-22(28(36)35(26)18-20)17-25(34(27)19-21-7-3-2-4-8-21)29(37)33-15-13-32(14-16-33)24-10-6-5-9-23(24)30/h2-12,17-18H,13-16,19H2,1H3. The molecule has 1 aliphatic heterocycles. The number of para-hydroxylation sites is 1. The second-order valence-electron chi connectivity index (χ2n) is 9.42. The molecule has 0 spiro atoms. The smallest absolute Gasteiger partial charge is 0.270 e. The summed E-state index contributed by atoms with van der Waals surface area (Å²) in [6.07, 6.45) is 1.79. The normalized spacial score (nSPS) is 14.0. The fourth-order valence-corrected chi connectivity index (χ4v) is 5.29. The minimum absolute atomic E-state index is 0.0997. The van der Waals surface area contributed by atoms with Crippen molar-refractivity contribution in [3.63, 3.8) is 0 Å². The topological polar surface area (TPSA) is 62.9 Å². The molecule has 7 nitrogen and oxygen atoms in total. The first-order valence-electron chi connectivity index (χ1n) is 12.3. The van der Waals surface area contributed by atoms with Gasteiger partial charge in [-0.1, -0.05) is 60.1 Å². The molecular formula is C29H26ClN5O2. The molecule has 8 heteroatoms. The summed E-state index contributed by atoms with van der Waals surface area (Å²) in [5, 5.41) is 1.15. The highest BCUT2D eigenvalue weighted by atomic mass is 35.5. The van der Waals surface area contributed by atoms with Crippen molar-refractivity contribution < 1.29 is 4.79 Å². The lowest BCUT2D eigenvalue weighted by Gasteiger charge is -2.36. The van der Waals surface area contributed by atoms with E-state index in [-0.39, 0.29) is 11.5 Å². The van der Waals surface area contributed by atoms with Gasteiger partial charge < -0.3 is 14.4 Å². The average Bonchev–Trinajstić information content (AvgIpc) is 3.28. The van der Waals surface area contributed by atoms with Gasteiger partial charge in [0, 0.05) is 38.9 Å². The summed E-state index contributed by atoms with van der Waals surface area (Å²) in [4.78, 5) is 36.2. The van der Waals surface area contributed by atoms with Gasteiger partial charge in [0.05, 0.1) is 16.1 Å². The molecule has 0 radical (unpaired) electrons. The van der Waals surface area contributed by atoms with Crippen LogP contribution in [0.5, 0.6) is 0 Å². The summed E-state index contributed by atoms with van der Waals surface area (Å²) in [6.45, 7) is 4.86. The first-order valence-corrected chi connectivity index (χ1v) is 12.7. The highest BCUT2D eigenvalue weighted by Crippen LogP contribution is 2.27. The van der Waals surface area contributed by atoms with E-state index >= 15 is 0 Å². The molecule has 6 rings (SSSR count). The van der Waals surface area contributed by atoms with Crippen LogP contribution in [0.2, 0.25) is 5.02 Å². The van der Waals surface area contributed by atoms with Crippen LogP contribution in [0.4, 0.5) is 5.69 Å². The lowest BCUT2D eigenvalue weighted by Crippen LogP contribution is -2.49. The van der Waals surface area contributed by atoms with Crippen molar-refractivity contribution in [1.29, 1.82) is 0 Å². The highest BCUT2D eigenvalue weighted by molar-refractivity contribution is 6.33. The molecular weight excluding hydrogens is 486 g/mol. The van der Waals surface area contributed by atoms with Crippen LogP contribution in [0.3, 0.4) is 0 Å². The average molecular weight is 512 g/mol. The van der Waals surface area contributed by atoms with E-state index < -0.39 is 0 Å². The van der Waals surface area contributed by atoms with Crippen LogP contribution in [0.15, 0.2) is 83.8 Å². The molecule has 3 aromatic heterocycles. The number of hydrogen-bond acceptors (Lipinski definition) is 4. The van der Waals surface area contributed by atoms with Crippen molar-refractivity contribution in [2.75, 3.05) is 31.1 Å². The first-order chi connectivity index (χ1) is 18.0. The molecule has 1 amide bonds. The zero-order valence-corrected chi connectivity index (χ0v) is 21.2. The summed E-state index contributed by atoms with van der Waals surface area (Å²) in [5.74, 6) is -0.0997. The lowest BCUT2D eigenvalue weighted by atomic mass is 10.2. The van der Waals surface area contributed by atoms with Gasteiger partial charge >= 0.3 is 0 Å². The predicted molar refractivity (Wildman–Crippen MR) is 147 cm³/mol. The van der Waals surface area contributed by atoms with Gasteiger partial charge in [0.25, 0.3) is 11.5 Å². The Morgan fingerprint density at radius 1 is 0.946 bits per heavy atom. The summed E-state index contributed by atoms with van der Waals surface area (Å²) in [7, 11) is 0. The van der Waals surface area contributed by atoms with E-state index in [0.29, 0.717) is 60.1 Å². The second kappa shape index (κ2) is 9.41. The number of benzene rings is 2. The zero-order chi connectivity index (χ0) is 25.5. The Morgan fingerprint density at radius 2 is 1.68 bits per heavy atom. The minimum Gasteiger partial charge on any atom is -0.367 e. The fraction of sp³-hybridized carbons (Fsp3) is 0.207. The van der Waals surface area contributed by atoms with Crippen LogP contribution in [0.1, 0.15) is 21.6 Å². The molecule has 4 heterocycles. The number of amides is 1. The quantitative estimate of drug-likeness (QED) is 0.353. The number of rotatable bonds is 4. The van der Waals surface area contributed by atoms with Gasteiger partial charge in [-0.3, -0.25) is 14.0 Å². The number of piperazine rings is 1. The summed E-state index contributed by atoms with van der Waals surface area (Å²) in [6, 6.07) is 23.2. The summed E-state index contributed by atoms with van der Waals surface area (Å²) >= 11 is 6.40. The number of aryl methyl sites for hydroxylation is 1. The van der Waals surface area contributed by atoms with E-state index in [0.717, 1.165) is 16.8 Å². The lowest BCUT2D eigenvalue weighted by molar-refractivity contribution is 0.0737. The van der Waals surface area contributed by atoms with Crippen LogP contribution in [-0.4, -0.2) is 50.9 Å². The molecule has 0 unspecified atom stereocenters. The number of hydrogen-bond donors (Lipinski definition) is 0. The molecule has 37 heavy (non-hydrogen) atoms. The van der Waals surface area contributed by atoms with Crippen molar-refractivity contribution in [3.8, 4) is 0 Å².